The summed E-state index contributed by atoms with van der Waals surface area (Å²) >= 11 is 0. The molecule has 0 aliphatic carbocycles. The zero-order valence-corrected chi connectivity index (χ0v) is 20.2. The molecule has 3 atom stereocenters. The fourth-order valence-electron chi connectivity index (χ4n) is 5.26. The minimum absolute atomic E-state index is 0.0103. The number of nitrogens with zero attached hydrogens (tertiary/aromatic N) is 4. The van der Waals surface area contributed by atoms with Gasteiger partial charge < -0.3 is 9.47 Å². The van der Waals surface area contributed by atoms with Gasteiger partial charge in [-0.1, -0.05) is 0 Å². The third-order valence-electron chi connectivity index (χ3n) is 6.96. The molecule has 0 saturated carbocycles. The third kappa shape index (κ3) is 4.19. The normalized spacial score (nSPS) is 21.4. The highest BCUT2D eigenvalue weighted by Gasteiger charge is 2.32. The number of hydrogen-bond acceptors (Lipinski definition) is 6. The number of ether oxygens (including phenoxy) is 2. The second kappa shape index (κ2) is 9.04. The first-order chi connectivity index (χ1) is 17.8. The molecule has 2 aliphatic heterocycles. The summed E-state index contributed by atoms with van der Waals surface area (Å²) in [4.78, 5) is 26.8. The Balaban J connectivity index is 1.54. The van der Waals surface area contributed by atoms with Gasteiger partial charge in [-0.15, -0.1) is 0 Å². The molecule has 3 aromatic heterocycles. The van der Waals surface area contributed by atoms with Crippen LogP contribution in [0.15, 0.2) is 41.5 Å². The van der Waals surface area contributed by atoms with Crippen LogP contribution in [0.2, 0.25) is 0 Å². The molecule has 0 bridgehead atoms. The Bertz CT molecular complexity index is 1580. The molecular formula is C27H23F3N4O3. The Labute approximate surface area is 209 Å². The predicted molar refractivity (Wildman–Crippen MR) is 127 cm³/mol. The van der Waals surface area contributed by atoms with E-state index in [9.17, 15) is 18.0 Å². The van der Waals surface area contributed by atoms with Crippen LogP contribution in [0, 0.1) is 24.4 Å². The second-order valence-corrected chi connectivity index (χ2v) is 9.62. The maximum absolute atomic E-state index is 15.0. The van der Waals surface area contributed by atoms with Gasteiger partial charge in [-0.05, 0) is 44.4 Å². The lowest BCUT2D eigenvalue weighted by Crippen LogP contribution is -2.27. The van der Waals surface area contributed by atoms with E-state index in [-0.39, 0.29) is 48.2 Å². The van der Waals surface area contributed by atoms with Crippen molar-refractivity contribution < 1.29 is 22.6 Å². The largest absolute Gasteiger partial charge is 0.371 e. The first-order valence-corrected chi connectivity index (χ1v) is 12.0. The van der Waals surface area contributed by atoms with E-state index < -0.39 is 23.0 Å². The number of aromatic nitrogens is 4. The molecule has 7 nitrogen and oxygen atoms in total. The van der Waals surface area contributed by atoms with Crippen LogP contribution in [0.25, 0.3) is 16.9 Å². The number of rotatable bonds is 3. The molecule has 2 aliphatic rings. The molecule has 4 aromatic rings. The van der Waals surface area contributed by atoms with Gasteiger partial charge in [0.1, 0.15) is 23.1 Å². The average Bonchev–Trinajstić information content (AvgIpc) is 3.32. The summed E-state index contributed by atoms with van der Waals surface area (Å²) in [7, 11) is 0. The van der Waals surface area contributed by atoms with Crippen molar-refractivity contribution in [2.75, 3.05) is 0 Å². The van der Waals surface area contributed by atoms with Gasteiger partial charge >= 0.3 is 0 Å². The molecule has 1 saturated heterocycles. The van der Waals surface area contributed by atoms with Crippen LogP contribution in [0.4, 0.5) is 13.2 Å². The first kappa shape index (κ1) is 23.7. The van der Waals surface area contributed by atoms with Gasteiger partial charge in [0.15, 0.2) is 5.65 Å². The maximum Gasteiger partial charge on any atom is 0.263 e. The monoisotopic (exact) mass is 508 g/mol. The van der Waals surface area contributed by atoms with Crippen LogP contribution in [0.5, 0.6) is 0 Å². The predicted octanol–water partition coefficient (Wildman–Crippen LogP) is 4.93. The topological polar surface area (TPSA) is 78.6 Å². The highest BCUT2D eigenvalue weighted by molar-refractivity contribution is 5.75. The van der Waals surface area contributed by atoms with Crippen LogP contribution >= 0.6 is 0 Å². The van der Waals surface area contributed by atoms with E-state index >= 15 is 0 Å². The summed E-state index contributed by atoms with van der Waals surface area (Å²) < 4.78 is 56.5. The van der Waals surface area contributed by atoms with E-state index in [1.807, 2.05) is 26.0 Å². The van der Waals surface area contributed by atoms with E-state index in [4.69, 9.17) is 9.47 Å². The van der Waals surface area contributed by atoms with E-state index in [0.29, 0.717) is 41.9 Å². The van der Waals surface area contributed by atoms with Crippen LogP contribution in [0.1, 0.15) is 60.0 Å². The van der Waals surface area contributed by atoms with E-state index in [2.05, 4.69) is 15.0 Å². The van der Waals surface area contributed by atoms with Crippen molar-refractivity contribution in [2.24, 2.45) is 0 Å². The van der Waals surface area contributed by atoms with Crippen LogP contribution in [-0.2, 0) is 22.7 Å². The fourth-order valence-corrected chi connectivity index (χ4v) is 5.26. The summed E-state index contributed by atoms with van der Waals surface area (Å²) in [5.41, 5.74) is 2.01. The zero-order chi connectivity index (χ0) is 25.8. The van der Waals surface area contributed by atoms with Gasteiger partial charge in [-0.3, -0.25) is 14.2 Å². The summed E-state index contributed by atoms with van der Waals surface area (Å²) in [5, 5.41) is 0. The van der Waals surface area contributed by atoms with Gasteiger partial charge in [0.2, 0.25) is 0 Å². The minimum Gasteiger partial charge on any atom is -0.371 e. The molecule has 1 fully saturated rings. The van der Waals surface area contributed by atoms with Crippen LogP contribution in [-0.4, -0.2) is 25.5 Å². The molecule has 0 spiro atoms. The smallest absolute Gasteiger partial charge is 0.263 e. The number of pyridine rings is 1. The minimum atomic E-state index is -1.12. The first-order valence-electron chi connectivity index (χ1n) is 12.0. The molecule has 1 aromatic carbocycles. The van der Waals surface area contributed by atoms with Gasteiger partial charge in [-0.2, -0.15) is 0 Å². The summed E-state index contributed by atoms with van der Waals surface area (Å²) in [6.45, 7) is 4.07. The molecule has 37 heavy (non-hydrogen) atoms. The zero-order valence-electron chi connectivity index (χ0n) is 20.2. The molecule has 6 rings (SSSR count). The summed E-state index contributed by atoms with van der Waals surface area (Å²) in [5.74, 6) is -3.48. The van der Waals surface area contributed by atoms with Gasteiger partial charge in [0.25, 0.3) is 5.56 Å². The molecule has 0 amide bonds. The van der Waals surface area contributed by atoms with E-state index in [1.54, 1.807) is 12.4 Å². The Morgan fingerprint density at radius 3 is 2.59 bits per heavy atom. The lowest BCUT2D eigenvalue weighted by Gasteiger charge is -2.34. The van der Waals surface area contributed by atoms with Gasteiger partial charge in [-0.25, -0.2) is 23.1 Å². The van der Waals surface area contributed by atoms with Crippen molar-refractivity contribution in [3.63, 3.8) is 0 Å². The molecule has 5 heterocycles. The Morgan fingerprint density at radius 2 is 1.84 bits per heavy atom. The number of fused-ring (bicyclic) bond motifs is 2. The Kier molecular flexibility index (Phi) is 5.80. The van der Waals surface area contributed by atoms with Gasteiger partial charge in [0.05, 0.1) is 47.9 Å². The summed E-state index contributed by atoms with van der Waals surface area (Å²) in [6, 6.07) is 5.04. The van der Waals surface area contributed by atoms with Crippen molar-refractivity contribution in [3.8, 4) is 11.3 Å². The van der Waals surface area contributed by atoms with Crippen molar-refractivity contribution in [2.45, 2.75) is 58.0 Å². The van der Waals surface area contributed by atoms with E-state index in [1.165, 1.54) is 4.40 Å². The van der Waals surface area contributed by atoms with Crippen molar-refractivity contribution in [1.29, 1.82) is 0 Å². The van der Waals surface area contributed by atoms with Gasteiger partial charge in [0, 0.05) is 36.1 Å². The maximum atomic E-state index is 15.0. The SMILES string of the molecule is Cc1cc([C@H]2C[C@@H](c3cn4c(=O)c5c(nc4c(-c4c(F)cc(F)cc4F)n3)COC5)C[C@@H](C)O2)ccn1. The van der Waals surface area contributed by atoms with Crippen LogP contribution in [0.3, 0.4) is 0 Å². The molecular weight excluding hydrogens is 485 g/mol. The highest BCUT2D eigenvalue weighted by atomic mass is 19.1. The third-order valence-corrected chi connectivity index (χ3v) is 6.96. The quantitative estimate of drug-likeness (QED) is 0.391. The standard InChI is InChI=1S/C27H23F3N4O3/c1-13-5-15(3-4-31-13)23-7-16(6-14(2)37-23)21-10-34-26(33-22-12-36-11-18(22)27(34)35)25(32-21)24-19(29)8-17(28)9-20(24)30/h3-5,8-10,14,16,23H,6-7,11-12H2,1-2H3/t14-,16+,23-/m1/s1. The fraction of sp³-hybridized carbons (Fsp3) is 0.333. The number of hydrogen-bond donors (Lipinski definition) is 0. The molecule has 10 heteroatoms. The van der Waals surface area contributed by atoms with Crippen LogP contribution < -0.4 is 5.56 Å². The van der Waals surface area contributed by atoms with Crippen molar-refractivity contribution in [1.82, 2.24) is 19.4 Å². The lowest BCUT2D eigenvalue weighted by molar-refractivity contribution is -0.0507. The van der Waals surface area contributed by atoms with Crippen molar-refractivity contribution >= 4 is 5.65 Å². The molecule has 0 N–H and O–H groups in total. The Morgan fingerprint density at radius 1 is 1.05 bits per heavy atom. The lowest BCUT2D eigenvalue weighted by atomic mass is 9.87. The average molecular weight is 509 g/mol. The number of halogens is 3. The van der Waals surface area contributed by atoms with Crippen molar-refractivity contribution in [3.05, 3.63) is 92.7 Å². The highest BCUT2D eigenvalue weighted by Crippen LogP contribution is 2.41. The molecule has 190 valence electrons. The molecule has 0 radical (unpaired) electrons. The second-order valence-electron chi connectivity index (χ2n) is 9.62. The number of aryl methyl sites for hydroxylation is 1. The van der Waals surface area contributed by atoms with E-state index in [0.717, 1.165) is 11.3 Å². The molecule has 0 unspecified atom stereocenters. The number of benzene rings is 1. The summed E-state index contributed by atoms with van der Waals surface area (Å²) in [6.07, 6.45) is 4.05. The Hall–Kier alpha value is -3.63.